The number of nitrogens with zero attached hydrogens (tertiary/aromatic N) is 1. The molecule has 15 heavy (non-hydrogen) atoms. The van der Waals surface area contributed by atoms with Crippen LogP contribution in [0.3, 0.4) is 0 Å². The zero-order valence-corrected chi connectivity index (χ0v) is 9.96. The first kappa shape index (κ1) is 11.4. The molecule has 2 aliphatic rings. The molecule has 1 heterocycles. The van der Waals surface area contributed by atoms with Crippen LogP contribution < -0.4 is 5.73 Å². The normalized spacial score (nSPS) is 34.2. The third-order valence-corrected chi connectivity index (χ3v) is 4.23. The quantitative estimate of drug-likeness (QED) is 0.775. The Kier molecular flexibility index (Phi) is 4.45. The Morgan fingerprint density at radius 3 is 2.27 bits per heavy atom. The number of rotatable bonds is 3. The Hall–Kier alpha value is -0.0800. The van der Waals surface area contributed by atoms with Crippen LogP contribution in [0.15, 0.2) is 0 Å². The molecule has 0 aromatic heterocycles. The van der Waals surface area contributed by atoms with Gasteiger partial charge in [-0.1, -0.05) is 19.3 Å². The molecule has 2 atom stereocenters. The molecule has 0 aromatic rings. The summed E-state index contributed by atoms with van der Waals surface area (Å²) in [6.45, 7) is 3.97. The van der Waals surface area contributed by atoms with Gasteiger partial charge in [0.1, 0.15) is 0 Å². The third kappa shape index (κ3) is 3.46. The Labute approximate surface area is 94.2 Å². The molecule has 2 rings (SSSR count). The van der Waals surface area contributed by atoms with Gasteiger partial charge in [0, 0.05) is 6.04 Å². The average Bonchev–Trinajstić information content (AvgIpc) is 2.53. The summed E-state index contributed by atoms with van der Waals surface area (Å²) in [5.41, 5.74) is 6.11. The van der Waals surface area contributed by atoms with E-state index in [4.69, 9.17) is 5.73 Å². The van der Waals surface area contributed by atoms with Crippen molar-refractivity contribution in [1.82, 2.24) is 4.90 Å². The van der Waals surface area contributed by atoms with Crippen molar-refractivity contribution in [2.45, 2.75) is 57.4 Å². The summed E-state index contributed by atoms with van der Waals surface area (Å²) in [6, 6.07) is 0.511. The minimum absolute atomic E-state index is 0.511. The molecule has 2 fully saturated rings. The van der Waals surface area contributed by atoms with Gasteiger partial charge in [0.25, 0.3) is 0 Å². The molecular weight excluding hydrogens is 184 g/mol. The van der Waals surface area contributed by atoms with Crippen molar-refractivity contribution in [3.8, 4) is 0 Å². The van der Waals surface area contributed by atoms with E-state index in [0.29, 0.717) is 6.04 Å². The van der Waals surface area contributed by atoms with Crippen molar-refractivity contribution in [2.24, 2.45) is 11.7 Å². The van der Waals surface area contributed by atoms with E-state index in [1.165, 1.54) is 71.0 Å². The van der Waals surface area contributed by atoms with Gasteiger partial charge < -0.3 is 10.6 Å². The highest BCUT2D eigenvalue weighted by molar-refractivity contribution is 4.81. The SMILES string of the molecule is NC1CCCC1CCN1CCCCCC1. The Balaban J connectivity index is 1.67. The molecule has 1 aliphatic carbocycles. The van der Waals surface area contributed by atoms with Crippen LogP contribution in [0.1, 0.15) is 51.4 Å². The number of nitrogens with two attached hydrogens (primary N) is 1. The van der Waals surface area contributed by atoms with Crippen LogP contribution in [0.25, 0.3) is 0 Å². The summed E-state index contributed by atoms with van der Waals surface area (Å²) < 4.78 is 0. The summed E-state index contributed by atoms with van der Waals surface area (Å²) >= 11 is 0. The van der Waals surface area contributed by atoms with Gasteiger partial charge in [-0.3, -0.25) is 0 Å². The predicted octanol–water partition coefficient (Wildman–Crippen LogP) is 2.38. The van der Waals surface area contributed by atoms with E-state index in [1.807, 2.05) is 0 Å². The minimum atomic E-state index is 0.511. The maximum Gasteiger partial charge on any atom is 0.00676 e. The molecule has 2 unspecified atom stereocenters. The lowest BCUT2D eigenvalue weighted by atomic mass is 10.00. The van der Waals surface area contributed by atoms with Gasteiger partial charge in [-0.25, -0.2) is 0 Å². The van der Waals surface area contributed by atoms with E-state index < -0.39 is 0 Å². The summed E-state index contributed by atoms with van der Waals surface area (Å²) in [5, 5.41) is 0. The van der Waals surface area contributed by atoms with Crippen molar-refractivity contribution in [3.05, 3.63) is 0 Å². The van der Waals surface area contributed by atoms with Crippen molar-refractivity contribution < 1.29 is 0 Å². The molecule has 2 nitrogen and oxygen atoms in total. The molecule has 0 amide bonds. The number of hydrogen-bond donors (Lipinski definition) is 1. The topological polar surface area (TPSA) is 29.3 Å². The molecule has 1 saturated carbocycles. The van der Waals surface area contributed by atoms with Gasteiger partial charge in [0.2, 0.25) is 0 Å². The second-order valence-corrected chi connectivity index (χ2v) is 5.40. The van der Waals surface area contributed by atoms with Gasteiger partial charge in [-0.2, -0.15) is 0 Å². The van der Waals surface area contributed by atoms with E-state index in [0.717, 1.165) is 5.92 Å². The summed E-state index contributed by atoms with van der Waals surface area (Å²) in [7, 11) is 0. The van der Waals surface area contributed by atoms with Crippen molar-refractivity contribution in [3.63, 3.8) is 0 Å². The third-order valence-electron chi connectivity index (χ3n) is 4.23. The molecule has 1 aliphatic heterocycles. The first-order valence-electron chi connectivity index (χ1n) is 6.84. The van der Waals surface area contributed by atoms with Crippen LogP contribution in [0.2, 0.25) is 0 Å². The van der Waals surface area contributed by atoms with Gasteiger partial charge in [0.05, 0.1) is 0 Å². The molecular formula is C13H26N2. The second-order valence-electron chi connectivity index (χ2n) is 5.40. The van der Waals surface area contributed by atoms with Crippen molar-refractivity contribution in [2.75, 3.05) is 19.6 Å². The lowest BCUT2D eigenvalue weighted by molar-refractivity contribution is 0.255. The maximum absolute atomic E-state index is 6.11. The van der Waals surface area contributed by atoms with Crippen LogP contribution >= 0.6 is 0 Å². The standard InChI is InChI=1S/C13H26N2/c14-13-7-5-6-12(13)8-11-15-9-3-1-2-4-10-15/h12-13H,1-11,14H2. The van der Waals surface area contributed by atoms with E-state index in [9.17, 15) is 0 Å². The van der Waals surface area contributed by atoms with Gasteiger partial charge in [0.15, 0.2) is 0 Å². The van der Waals surface area contributed by atoms with Gasteiger partial charge in [-0.15, -0.1) is 0 Å². The van der Waals surface area contributed by atoms with Crippen molar-refractivity contribution in [1.29, 1.82) is 0 Å². The van der Waals surface area contributed by atoms with E-state index >= 15 is 0 Å². The lowest BCUT2D eigenvalue weighted by Crippen LogP contribution is -2.31. The molecule has 88 valence electrons. The summed E-state index contributed by atoms with van der Waals surface area (Å²) in [6.07, 6.45) is 11.1. The molecule has 2 heteroatoms. The molecule has 0 spiro atoms. The fourth-order valence-electron chi connectivity index (χ4n) is 3.13. The highest BCUT2D eigenvalue weighted by atomic mass is 15.1. The fourth-order valence-corrected chi connectivity index (χ4v) is 3.13. The van der Waals surface area contributed by atoms with E-state index in [1.54, 1.807) is 0 Å². The smallest absolute Gasteiger partial charge is 0.00676 e. The van der Waals surface area contributed by atoms with E-state index in [-0.39, 0.29) is 0 Å². The number of likely N-dealkylation sites (tertiary alicyclic amines) is 1. The first-order valence-corrected chi connectivity index (χ1v) is 6.84. The molecule has 0 bridgehead atoms. The Morgan fingerprint density at radius 1 is 0.933 bits per heavy atom. The largest absolute Gasteiger partial charge is 0.327 e. The minimum Gasteiger partial charge on any atom is -0.327 e. The fraction of sp³-hybridized carbons (Fsp3) is 1.00. The lowest BCUT2D eigenvalue weighted by Gasteiger charge is -2.23. The highest BCUT2D eigenvalue weighted by Crippen LogP contribution is 2.27. The van der Waals surface area contributed by atoms with Crippen LogP contribution in [-0.2, 0) is 0 Å². The second kappa shape index (κ2) is 5.86. The van der Waals surface area contributed by atoms with Crippen molar-refractivity contribution >= 4 is 0 Å². The van der Waals surface area contributed by atoms with Crippen LogP contribution in [0, 0.1) is 5.92 Å². The van der Waals surface area contributed by atoms with Crippen LogP contribution in [-0.4, -0.2) is 30.6 Å². The van der Waals surface area contributed by atoms with Crippen LogP contribution in [0.4, 0.5) is 0 Å². The zero-order chi connectivity index (χ0) is 10.5. The summed E-state index contributed by atoms with van der Waals surface area (Å²) in [4.78, 5) is 2.66. The summed E-state index contributed by atoms with van der Waals surface area (Å²) in [5.74, 6) is 0.827. The highest BCUT2D eigenvalue weighted by Gasteiger charge is 2.24. The molecule has 0 radical (unpaired) electrons. The molecule has 2 N–H and O–H groups in total. The van der Waals surface area contributed by atoms with E-state index in [2.05, 4.69) is 4.90 Å². The zero-order valence-electron chi connectivity index (χ0n) is 9.96. The first-order chi connectivity index (χ1) is 7.36. The van der Waals surface area contributed by atoms with Gasteiger partial charge >= 0.3 is 0 Å². The molecule has 0 aromatic carbocycles. The average molecular weight is 210 g/mol. The van der Waals surface area contributed by atoms with Crippen LogP contribution in [0.5, 0.6) is 0 Å². The maximum atomic E-state index is 6.11. The Morgan fingerprint density at radius 2 is 1.67 bits per heavy atom. The Bertz CT molecular complexity index is 173. The predicted molar refractivity (Wildman–Crippen MR) is 64.8 cm³/mol. The van der Waals surface area contributed by atoms with Gasteiger partial charge in [-0.05, 0) is 57.7 Å². The monoisotopic (exact) mass is 210 g/mol. The number of hydrogen-bond acceptors (Lipinski definition) is 2. The molecule has 1 saturated heterocycles.